The molecule has 0 atom stereocenters. The van der Waals surface area contributed by atoms with Gasteiger partial charge in [-0.3, -0.25) is 9.59 Å². The average molecular weight is 456 g/mol. The average Bonchev–Trinajstić information content (AvgIpc) is 3.29. The highest BCUT2D eigenvalue weighted by Gasteiger charge is 2.20. The molecule has 2 heterocycles. The van der Waals surface area contributed by atoms with Crippen molar-refractivity contribution in [3.63, 3.8) is 0 Å². The first-order chi connectivity index (χ1) is 16.5. The predicted molar refractivity (Wildman–Crippen MR) is 134 cm³/mol. The van der Waals surface area contributed by atoms with E-state index in [1.807, 2.05) is 60.9 Å². The van der Waals surface area contributed by atoms with E-state index in [1.165, 1.54) is 10.1 Å². The Balaban J connectivity index is 1.56. The third-order valence-corrected chi connectivity index (χ3v) is 5.89. The van der Waals surface area contributed by atoms with Crippen molar-refractivity contribution in [1.82, 2.24) is 24.5 Å². The number of hydrogen-bond acceptors (Lipinski definition) is 4. The van der Waals surface area contributed by atoms with E-state index in [0.29, 0.717) is 35.9 Å². The second-order valence-corrected chi connectivity index (χ2v) is 8.40. The molecule has 7 heteroatoms. The van der Waals surface area contributed by atoms with Crippen LogP contribution in [0.3, 0.4) is 0 Å². The molecule has 0 aliphatic heterocycles. The van der Waals surface area contributed by atoms with Gasteiger partial charge in [-0.15, -0.1) is 11.7 Å². The molecule has 2 aromatic carbocycles. The first-order valence-corrected chi connectivity index (χ1v) is 11.5. The highest BCUT2D eigenvalue weighted by atomic mass is 16.2. The van der Waals surface area contributed by atoms with E-state index in [-0.39, 0.29) is 17.9 Å². The van der Waals surface area contributed by atoms with Crippen molar-refractivity contribution in [1.29, 1.82) is 0 Å². The SMILES string of the molecule is C=CCn1c(C)c(CC(=O)NCCCc2ccccc2)c(=O)n2nc(-c3ccc(C)cc3)nc12. The van der Waals surface area contributed by atoms with Crippen LogP contribution in [0.15, 0.2) is 72.0 Å². The number of carbonyl (C=O) groups excluding carboxylic acids is 1. The van der Waals surface area contributed by atoms with Crippen molar-refractivity contribution in [3.8, 4) is 11.4 Å². The largest absolute Gasteiger partial charge is 0.356 e. The number of rotatable bonds is 9. The molecule has 4 rings (SSSR count). The number of amides is 1. The van der Waals surface area contributed by atoms with Crippen LogP contribution >= 0.6 is 0 Å². The maximum Gasteiger partial charge on any atom is 0.279 e. The van der Waals surface area contributed by atoms with E-state index in [2.05, 4.69) is 34.1 Å². The highest BCUT2D eigenvalue weighted by molar-refractivity contribution is 5.78. The molecule has 0 aliphatic rings. The van der Waals surface area contributed by atoms with E-state index in [9.17, 15) is 9.59 Å². The van der Waals surface area contributed by atoms with Crippen LogP contribution in [-0.2, 0) is 24.2 Å². The molecule has 0 saturated heterocycles. The molecular formula is C27H29N5O2. The van der Waals surface area contributed by atoms with E-state index < -0.39 is 0 Å². The zero-order valence-corrected chi connectivity index (χ0v) is 19.6. The molecule has 0 bridgehead atoms. The van der Waals surface area contributed by atoms with E-state index in [1.54, 1.807) is 6.08 Å². The minimum Gasteiger partial charge on any atom is -0.356 e. The molecule has 7 nitrogen and oxygen atoms in total. The van der Waals surface area contributed by atoms with E-state index >= 15 is 0 Å². The summed E-state index contributed by atoms with van der Waals surface area (Å²) in [4.78, 5) is 30.6. The lowest BCUT2D eigenvalue weighted by molar-refractivity contribution is -0.120. The Morgan fingerprint density at radius 1 is 1.09 bits per heavy atom. The summed E-state index contributed by atoms with van der Waals surface area (Å²) in [6, 6.07) is 18.0. The van der Waals surface area contributed by atoms with Gasteiger partial charge in [-0.2, -0.15) is 9.50 Å². The minimum absolute atomic E-state index is 0.0111. The fraction of sp³-hybridized carbons (Fsp3) is 0.259. The van der Waals surface area contributed by atoms with Crippen LogP contribution in [0.4, 0.5) is 0 Å². The van der Waals surface area contributed by atoms with Gasteiger partial charge in [0, 0.05) is 29.9 Å². The topological polar surface area (TPSA) is 81.3 Å². The summed E-state index contributed by atoms with van der Waals surface area (Å²) < 4.78 is 3.17. The number of aryl methyl sites for hydroxylation is 2. The van der Waals surface area contributed by atoms with Gasteiger partial charge in [-0.1, -0.05) is 66.2 Å². The summed E-state index contributed by atoms with van der Waals surface area (Å²) in [5, 5.41) is 7.42. The van der Waals surface area contributed by atoms with Crippen molar-refractivity contribution >= 4 is 11.7 Å². The Kier molecular flexibility index (Phi) is 7.01. The van der Waals surface area contributed by atoms with Gasteiger partial charge in [0.05, 0.1) is 6.42 Å². The summed E-state index contributed by atoms with van der Waals surface area (Å²) in [7, 11) is 0. The number of allylic oxidation sites excluding steroid dienone is 1. The van der Waals surface area contributed by atoms with Crippen molar-refractivity contribution in [2.45, 2.75) is 39.7 Å². The molecule has 4 aromatic rings. The lowest BCUT2D eigenvalue weighted by atomic mass is 10.1. The molecule has 0 spiro atoms. The Labute approximate surface area is 198 Å². The first kappa shape index (κ1) is 23.2. The van der Waals surface area contributed by atoms with Crippen LogP contribution in [0.1, 0.15) is 28.8 Å². The van der Waals surface area contributed by atoms with Gasteiger partial charge in [0.2, 0.25) is 11.7 Å². The third-order valence-electron chi connectivity index (χ3n) is 5.89. The number of fused-ring (bicyclic) bond motifs is 1. The lowest BCUT2D eigenvalue weighted by Crippen LogP contribution is -2.32. The monoisotopic (exact) mass is 455 g/mol. The predicted octanol–water partition coefficient (Wildman–Crippen LogP) is 3.65. The molecule has 0 saturated carbocycles. The third kappa shape index (κ3) is 4.98. The molecule has 0 fully saturated rings. The summed E-state index contributed by atoms with van der Waals surface area (Å²) in [5.74, 6) is 0.721. The van der Waals surface area contributed by atoms with Crippen molar-refractivity contribution in [3.05, 3.63) is 100.0 Å². The second-order valence-electron chi connectivity index (χ2n) is 8.40. The molecular weight excluding hydrogens is 426 g/mol. The smallest absolute Gasteiger partial charge is 0.279 e. The van der Waals surface area contributed by atoms with Gasteiger partial charge in [0.1, 0.15) is 0 Å². The molecule has 2 aromatic heterocycles. The van der Waals surface area contributed by atoms with Crippen LogP contribution in [-0.4, -0.2) is 31.6 Å². The van der Waals surface area contributed by atoms with Gasteiger partial charge in [0.15, 0.2) is 5.82 Å². The Hall–Kier alpha value is -4.00. The highest BCUT2D eigenvalue weighted by Crippen LogP contribution is 2.18. The molecule has 34 heavy (non-hydrogen) atoms. The van der Waals surface area contributed by atoms with E-state index in [4.69, 9.17) is 0 Å². The molecule has 0 aliphatic carbocycles. The number of carbonyl (C=O) groups is 1. The second kappa shape index (κ2) is 10.3. The summed E-state index contributed by atoms with van der Waals surface area (Å²) >= 11 is 0. The fourth-order valence-corrected chi connectivity index (χ4v) is 3.97. The number of hydrogen-bond donors (Lipinski definition) is 1. The minimum atomic E-state index is -0.321. The lowest BCUT2D eigenvalue weighted by Gasteiger charge is -2.14. The zero-order chi connectivity index (χ0) is 24.1. The Morgan fingerprint density at radius 3 is 2.53 bits per heavy atom. The van der Waals surface area contributed by atoms with Gasteiger partial charge in [-0.05, 0) is 32.3 Å². The zero-order valence-electron chi connectivity index (χ0n) is 19.6. The van der Waals surface area contributed by atoms with Crippen LogP contribution in [0.5, 0.6) is 0 Å². The number of benzene rings is 2. The van der Waals surface area contributed by atoms with Crippen molar-refractivity contribution < 1.29 is 4.79 Å². The summed E-state index contributed by atoms with van der Waals surface area (Å²) in [6.07, 6.45) is 3.45. The Bertz CT molecular complexity index is 1370. The number of nitrogens with one attached hydrogen (secondary N) is 1. The van der Waals surface area contributed by atoms with Crippen LogP contribution in [0.2, 0.25) is 0 Å². The normalized spacial score (nSPS) is 11.0. The standard InChI is InChI=1S/C27H29N5O2/c1-4-17-31-20(3)23(18-24(33)28-16-8-11-21-9-6-5-7-10-21)26(34)32-27(31)29-25(30-32)22-14-12-19(2)13-15-22/h4-7,9-10,12-15H,1,8,11,16-18H2,2-3H3,(H,28,33). The fourth-order valence-electron chi connectivity index (χ4n) is 3.97. The van der Waals surface area contributed by atoms with Gasteiger partial charge in [-0.25, -0.2) is 0 Å². The summed E-state index contributed by atoms with van der Waals surface area (Å²) in [5.41, 5.74) is 3.98. The van der Waals surface area contributed by atoms with Gasteiger partial charge in [0.25, 0.3) is 5.56 Å². The Morgan fingerprint density at radius 2 is 1.82 bits per heavy atom. The van der Waals surface area contributed by atoms with Crippen molar-refractivity contribution in [2.24, 2.45) is 0 Å². The maximum atomic E-state index is 13.3. The molecule has 0 unspecified atom stereocenters. The van der Waals surface area contributed by atoms with Gasteiger partial charge < -0.3 is 9.88 Å². The van der Waals surface area contributed by atoms with E-state index in [0.717, 1.165) is 24.0 Å². The molecule has 1 amide bonds. The molecule has 0 radical (unpaired) electrons. The van der Waals surface area contributed by atoms with Crippen LogP contribution in [0.25, 0.3) is 17.2 Å². The first-order valence-electron chi connectivity index (χ1n) is 11.5. The number of nitrogens with zero attached hydrogens (tertiary/aromatic N) is 4. The number of aromatic nitrogens is 4. The van der Waals surface area contributed by atoms with Crippen LogP contribution < -0.4 is 10.9 Å². The maximum absolute atomic E-state index is 13.3. The van der Waals surface area contributed by atoms with Crippen molar-refractivity contribution in [2.75, 3.05) is 6.54 Å². The quantitative estimate of drug-likeness (QED) is 0.309. The summed E-state index contributed by atoms with van der Waals surface area (Å²) in [6.45, 7) is 8.68. The van der Waals surface area contributed by atoms with Crippen LogP contribution in [0, 0.1) is 13.8 Å². The molecule has 1 N–H and O–H groups in total. The molecule has 174 valence electrons. The van der Waals surface area contributed by atoms with Gasteiger partial charge >= 0.3 is 0 Å².